The molecule has 2 aromatic heterocycles. The van der Waals surface area contributed by atoms with Gasteiger partial charge in [-0.1, -0.05) is 6.07 Å². The van der Waals surface area contributed by atoms with Gasteiger partial charge in [-0.3, -0.25) is 0 Å². The average Bonchev–Trinajstić information content (AvgIpc) is 3.16. The number of hydrogen-bond acceptors (Lipinski definition) is 5. The summed E-state index contributed by atoms with van der Waals surface area (Å²) in [4.78, 5) is 18.2. The van der Waals surface area contributed by atoms with Gasteiger partial charge >= 0.3 is 6.03 Å². The van der Waals surface area contributed by atoms with Gasteiger partial charge in [-0.2, -0.15) is 15.4 Å². The zero-order chi connectivity index (χ0) is 17.1. The monoisotopic (exact) mass is 328 g/mol. The molecule has 2 amide bonds. The zero-order valence-electron chi connectivity index (χ0n) is 13.9. The number of aromatic amines is 1. The van der Waals surface area contributed by atoms with Crippen LogP contribution >= 0.6 is 0 Å². The highest BCUT2D eigenvalue weighted by molar-refractivity contribution is 5.75. The Labute approximate surface area is 139 Å². The second-order valence-electron chi connectivity index (χ2n) is 5.69. The number of anilines is 1. The fraction of sp³-hybridized carbons (Fsp3) is 0.333. The van der Waals surface area contributed by atoms with Crippen molar-refractivity contribution in [3.63, 3.8) is 0 Å². The largest absolute Gasteiger partial charge is 0.348 e. The minimum absolute atomic E-state index is 0.233. The topological polar surface area (TPSA) is 104 Å². The molecule has 0 saturated carbocycles. The molecule has 24 heavy (non-hydrogen) atoms. The Hall–Kier alpha value is -3.10. The molecule has 1 aromatic carbocycles. The fourth-order valence-corrected chi connectivity index (χ4v) is 2.43. The zero-order valence-corrected chi connectivity index (χ0v) is 13.9. The summed E-state index contributed by atoms with van der Waals surface area (Å²) in [6.07, 6.45) is 1.76. The third-order valence-corrected chi connectivity index (χ3v) is 3.72. The highest BCUT2D eigenvalue weighted by Crippen LogP contribution is 2.11. The van der Waals surface area contributed by atoms with E-state index in [0.717, 1.165) is 28.2 Å². The van der Waals surface area contributed by atoms with E-state index in [1.54, 1.807) is 6.20 Å². The number of rotatable bonds is 5. The summed E-state index contributed by atoms with van der Waals surface area (Å²) in [6, 6.07) is 5.44. The van der Waals surface area contributed by atoms with E-state index in [1.165, 1.54) is 0 Å². The van der Waals surface area contributed by atoms with Crippen LogP contribution in [-0.2, 0) is 20.1 Å². The molecule has 126 valence electrons. The Morgan fingerprint density at radius 3 is 2.71 bits per heavy atom. The molecule has 9 heteroatoms. The summed E-state index contributed by atoms with van der Waals surface area (Å²) in [5.41, 5.74) is 3.47. The number of hydrogen-bond donors (Lipinski definition) is 3. The summed E-state index contributed by atoms with van der Waals surface area (Å²) in [5, 5.41) is 16.3. The van der Waals surface area contributed by atoms with Gasteiger partial charge in [0, 0.05) is 27.7 Å². The van der Waals surface area contributed by atoms with Gasteiger partial charge in [0.15, 0.2) is 0 Å². The molecular formula is C15H20N8O. The molecule has 0 bridgehead atoms. The number of benzene rings is 1. The van der Waals surface area contributed by atoms with E-state index >= 15 is 0 Å². The highest BCUT2D eigenvalue weighted by atomic mass is 16.2. The van der Waals surface area contributed by atoms with E-state index in [1.807, 2.05) is 48.8 Å². The highest BCUT2D eigenvalue weighted by Gasteiger charge is 2.09. The van der Waals surface area contributed by atoms with E-state index in [4.69, 9.17) is 0 Å². The van der Waals surface area contributed by atoms with E-state index in [9.17, 15) is 4.79 Å². The summed E-state index contributed by atoms with van der Waals surface area (Å²) in [7, 11) is 5.78. The molecule has 0 aliphatic carbocycles. The number of fused-ring (bicyclic) bond motifs is 1. The first-order chi connectivity index (χ1) is 11.5. The third kappa shape index (κ3) is 3.29. The molecule has 0 atom stereocenters. The van der Waals surface area contributed by atoms with Crippen LogP contribution < -0.4 is 15.5 Å². The number of amides is 2. The standard InChI is InChI=1S/C15H20N8O/c1-22(2)15-18-9-11(23(15)3)8-17-14(24)16-7-10-4-5-12-13(6-10)20-21-19-12/h4-6,9H,7-8H2,1-3H3,(H2,16,17,24)(H,19,20,21). The molecule has 3 N–H and O–H groups in total. The van der Waals surface area contributed by atoms with Crippen molar-refractivity contribution in [1.82, 2.24) is 35.6 Å². The van der Waals surface area contributed by atoms with E-state index < -0.39 is 0 Å². The van der Waals surface area contributed by atoms with Crippen LogP contribution in [0.2, 0.25) is 0 Å². The first-order valence-corrected chi connectivity index (χ1v) is 7.53. The van der Waals surface area contributed by atoms with Crippen LogP contribution in [0.5, 0.6) is 0 Å². The molecule has 3 aromatic rings. The second kappa shape index (κ2) is 6.57. The summed E-state index contributed by atoms with van der Waals surface area (Å²) in [6.45, 7) is 0.828. The Bertz CT molecular complexity index is 850. The van der Waals surface area contributed by atoms with Gasteiger partial charge in [0.2, 0.25) is 5.95 Å². The normalized spacial score (nSPS) is 10.8. The lowest BCUT2D eigenvalue weighted by atomic mass is 10.2. The molecule has 9 nitrogen and oxygen atoms in total. The van der Waals surface area contributed by atoms with Gasteiger partial charge in [-0.25, -0.2) is 9.78 Å². The lowest BCUT2D eigenvalue weighted by Gasteiger charge is -2.13. The summed E-state index contributed by atoms with van der Waals surface area (Å²) >= 11 is 0. The van der Waals surface area contributed by atoms with Crippen LogP contribution in [0.1, 0.15) is 11.3 Å². The number of carbonyl (C=O) groups is 1. The van der Waals surface area contributed by atoms with Crippen LogP contribution in [0.3, 0.4) is 0 Å². The van der Waals surface area contributed by atoms with Gasteiger partial charge in [-0.05, 0) is 17.7 Å². The van der Waals surface area contributed by atoms with Crippen molar-refractivity contribution in [1.29, 1.82) is 0 Å². The maximum absolute atomic E-state index is 12.0. The summed E-state index contributed by atoms with van der Waals surface area (Å²) in [5.74, 6) is 0.841. The molecule has 0 spiro atoms. The Morgan fingerprint density at radius 2 is 1.96 bits per heavy atom. The molecule has 0 unspecified atom stereocenters. The SMILES string of the molecule is CN(C)c1ncc(CNC(=O)NCc2ccc3n[nH]nc3c2)n1C. The lowest BCUT2D eigenvalue weighted by molar-refractivity contribution is 0.240. The van der Waals surface area contributed by atoms with Crippen LogP contribution in [0.25, 0.3) is 11.0 Å². The predicted octanol–water partition coefficient (Wildman–Crippen LogP) is 0.757. The van der Waals surface area contributed by atoms with Crippen LogP contribution in [0.15, 0.2) is 24.4 Å². The number of aromatic nitrogens is 5. The van der Waals surface area contributed by atoms with Crippen molar-refractivity contribution in [3.8, 4) is 0 Å². The minimum atomic E-state index is -0.233. The molecule has 0 radical (unpaired) electrons. The molecular weight excluding hydrogens is 308 g/mol. The number of nitrogens with zero attached hydrogens (tertiary/aromatic N) is 5. The van der Waals surface area contributed by atoms with Gasteiger partial charge in [0.1, 0.15) is 11.0 Å². The van der Waals surface area contributed by atoms with E-state index in [0.29, 0.717) is 13.1 Å². The minimum Gasteiger partial charge on any atom is -0.348 e. The molecule has 0 aliphatic heterocycles. The van der Waals surface area contributed by atoms with E-state index in [2.05, 4.69) is 31.0 Å². The molecule has 0 fully saturated rings. The molecule has 0 saturated heterocycles. The lowest BCUT2D eigenvalue weighted by Crippen LogP contribution is -2.35. The summed E-state index contributed by atoms with van der Waals surface area (Å²) < 4.78 is 1.94. The van der Waals surface area contributed by atoms with Gasteiger partial charge in [0.25, 0.3) is 0 Å². The van der Waals surface area contributed by atoms with Gasteiger partial charge in [0.05, 0.1) is 18.4 Å². The number of carbonyl (C=O) groups excluding carboxylic acids is 1. The van der Waals surface area contributed by atoms with Crippen molar-refractivity contribution in [2.24, 2.45) is 7.05 Å². The number of urea groups is 1. The van der Waals surface area contributed by atoms with Gasteiger partial charge in [-0.15, -0.1) is 0 Å². The number of nitrogens with one attached hydrogen (secondary N) is 3. The Kier molecular flexibility index (Phi) is 4.32. The van der Waals surface area contributed by atoms with Crippen molar-refractivity contribution in [3.05, 3.63) is 35.7 Å². The third-order valence-electron chi connectivity index (χ3n) is 3.72. The van der Waals surface area contributed by atoms with Crippen molar-refractivity contribution < 1.29 is 4.79 Å². The Morgan fingerprint density at radius 1 is 1.21 bits per heavy atom. The molecule has 3 rings (SSSR count). The van der Waals surface area contributed by atoms with Crippen LogP contribution in [0, 0.1) is 0 Å². The Balaban J connectivity index is 1.52. The maximum Gasteiger partial charge on any atom is 0.315 e. The second-order valence-corrected chi connectivity index (χ2v) is 5.69. The van der Waals surface area contributed by atoms with Crippen molar-refractivity contribution >= 4 is 23.0 Å². The smallest absolute Gasteiger partial charge is 0.315 e. The van der Waals surface area contributed by atoms with E-state index in [-0.39, 0.29) is 6.03 Å². The average molecular weight is 328 g/mol. The first kappa shape index (κ1) is 15.8. The van der Waals surface area contributed by atoms with Gasteiger partial charge < -0.3 is 20.1 Å². The predicted molar refractivity (Wildman–Crippen MR) is 90.5 cm³/mol. The fourth-order valence-electron chi connectivity index (χ4n) is 2.43. The van der Waals surface area contributed by atoms with Crippen molar-refractivity contribution in [2.45, 2.75) is 13.1 Å². The quantitative estimate of drug-likeness (QED) is 0.641. The van der Waals surface area contributed by atoms with Crippen molar-refractivity contribution in [2.75, 3.05) is 19.0 Å². The molecule has 0 aliphatic rings. The maximum atomic E-state index is 12.0. The van der Waals surface area contributed by atoms with Crippen LogP contribution in [-0.4, -0.2) is 45.1 Å². The molecule has 2 heterocycles. The number of imidazole rings is 1. The first-order valence-electron chi connectivity index (χ1n) is 7.53. The number of H-pyrrole nitrogens is 1. The van der Waals surface area contributed by atoms with Crippen LogP contribution in [0.4, 0.5) is 10.7 Å².